The third-order valence-corrected chi connectivity index (χ3v) is 7.62. The number of hydrogen-bond acceptors (Lipinski definition) is 6. The minimum Gasteiger partial charge on any atom is -0.457 e. The van der Waals surface area contributed by atoms with E-state index in [0.717, 1.165) is 31.2 Å². The lowest BCUT2D eigenvalue weighted by molar-refractivity contribution is -0.139. The maximum Gasteiger partial charge on any atom is 0.375 e. The third-order valence-electron chi connectivity index (χ3n) is 5.87. The number of hydrogen-bond donors (Lipinski definition) is 0. The average molecular weight is 432 g/mol. The Bertz CT molecular complexity index is 1010. The smallest absolute Gasteiger partial charge is 0.375 e. The van der Waals surface area contributed by atoms with Crippen molar-refractivity contribution in [2.24, 2.45) is 0 Å². The van der Waals surface area contributed by atoms with Crippen LogP contribution in [0.25, 0.3) is 11.1 Å². The van der Waals surface area contributed by atoms with Crippen molar-refractivity contribution >= 4 is 21.7 Å². The molecule has 1 aliphatic heterocycles. The summed E-state index contributed by atoms with van der Waals surface area (Å²) in [5, 5.41) is 0. The summed E-state index contributed by atoms with van der Waals surface area (Å²) in [5.74, 6) is -0.923. The number of sulfone groups is 1. The number of carbonyl (C=O) groups excluding carboxylic acids is 2. The van der Waals surface area contributed by atoms with E-state index in [9.17, 15) is 18.0 Å². The predicted molar refractivity (Wildman–Crippen MR) is 111 cm³/mol. The molecule has 2 aromatic rings. The minimum atomic E-state index is -3.12. The van der Waals surface area contributed by atoms with E-state index >= 15 is 0 Å². The number of carbonyl (C=O) groups is 2. The Kier molecular flexibility index (Phi) is 5.94. The minimum absolute atomic E-state index is 0.0120. The summed E-state index contributed by atoms with van der Waals surface area (Å²) in [6.07, 6.45) is 5.59. The first-order valence-corrected chi connectivity index (χ1v) is 12.1. The fourth-order valence-corrected chi connectivity index (χ4v) is 6.17. The van der Waals surface area contributed by atoms with Crippen LogP contribution in [0, 0.1) is 0 Å². The number of esters is 1. The van der Waals surface area contributed by atoms with Crippen LogP contribution < -0.4 is 0 Å². The SMILES string of the molecule is O=C(OCC(=O)N(C1CCCC1)C1CCS(=O)(=O)C1)c1occc1-c1ccccc1. The van der Waals surface area contributed by atoms with E-state index < -0.39 is 22.4 Å². The lowest BCUT2D eigenvalue weighted by atomic mass is 10.1. The lowest BCUT2D eigenvalue weighted by Crippen LogP contribution is -2.48. The normalized spacial score (nSPS) is 20.9. The van der Waals surface area contributed by atoms with Crippen molar-refractivity contribution in [3.63, 3.8) is 0 Å². The Morgan fingerprint density at radius 3 is 2.43 bits per heavy atom. The molecule has 1 aliphatic carbocycles. The van der Waals surface area contributed by atoms with Crippen LogP contribution >= 0.6 is 0 Å². The molecule has 1 aromatic heterocycles. The zero-order chi connectivity index (χ0) is 21.1. The highest BCUT2D eigenvalue weighted by molar-refractivity contribution is 7.91. The molecule has 2 fully saturated rings. The van der Waals surface area contributed by atoms with Gasteiger partial charge in [0.1, 0.15) is 0 Å². The van der Waals surface area contributed by atoms with Gasteiger partial charge in [-0.3, -0.25) is 4.79 Å². The maximum atomic E-state index is 13.0. The number of nitrogens with zero attached hydrogens (tertiary/aromatic N) is 1. The summed E-state index contributed by atoms with van der Waals surface area (Å²) in [4.78, 5) is 27.2. The molecule has 1 unspecified atom stereocenters. The van der Waals surface area contributed by atoms with Crippen LogP contribution in [-0.4, -0.2) is 55.4 Å². The molecule has 2 heterocycles. The second-order valence-corrected chi connectivity index (χ2v) is 10.1. The fourth-order valence-electron chi connectivity index (χ4n) is 4.46. The Morgan fingerprint density at radius 2 is 1.77 bits per heavy atom. The van der Waals surface area contributed by atoms with Gasteiger partial charge < -0.3 is 14.1 Å². The van der Waals surface area contributed by atoms with Crippen LogP contribution in [0.15, 0.2) is 47.1 Å². The second kappa shape index (κ2) is 8.63. The van der Waals surface area contributed by atoms with Crippen molar-refractivity contribution in [1.82, 2.24) is 4.90 Å². The zero-order valence-corrected chi connectivity index (χ0v) is 17.5. The van der Waals surface area contributed by atoms with E-state index in [2.05, 4.69) is 0 Å². The lowest BCUT2D eigenvalue weighted by Gasteiger charge is -2.33. The molecule has 7 nitrogen and oxygen atoms in total. The monoisotopic (exact) mass is 431 g/mol. The van der Waals surface area contributed by atoms with Crippen molar-refractivity contribution in [1.29, 1.82) is 0 Å². The van der Waals surface area contributed by atoms with Crippen LogP contribution in [0.3, 0.4) is 0 Å². The molecule has 0 radical (unpaired) electrons. The molecule has 1 amide bonds. The predicted octanol–water partition coefficient (Wildman–Crippen LogP) is 3.06. The Balaban J connectivity index is 1.45. The van der Waals surface area contributed by atoms with E-state index in [-0.39, 0.29) is 35.3 Å². The van der Waals surface area contributed by atoms with Gasteiger partial charge in [0.2, 0.25) is 5.76 Å². The number of rotatable bonds is 6. The Labute approximate surface area is 175 Å². The first kappa shape index (κ1) is 20.7. The summed E-state index contributed by atoms with van der Waals surface area (Å²) in [6.45, 7) is -0.430. The van der Waals surface area contributed by atoms with Gasteiger partial charge in [0.25, 0.3) is 5.91 Å². The second-order valence-electron chi connectivity index (χ2n) is 7.90. The highest BCUT2D eigenvalue weighted by Crippen LogP contribution is 2.30. The summed E-state index contributed by atoms with van der Waals surface area (Å²) in [7, 11) is -3.12. The largest absolute Gasteiger partial charge is 0.457 e. The number of benzene rings is 1. The molecule has 0 spiro atoms. The molecule has 1 atom stereocenters. The van der Waals surface area contributed by atoms with Crippen molar-refractivity contribution in [3.05, 3.63) is 48.4 Å². The van der Waals surface area contributed by atoms with Gasteiger partial charge >= 0.3 is 5.97 Å². The number of ether oxygens (including phenoxy) is 1. The van der Waals surface area contributed by atoms with Crippen LogP contribution in [0.2, 0.25) is 0 Å². The van der Waals surface area contributed by atoms with Gasteiger partial charge in [0, 0.05) is 17.6 Å². The summed E-state index contributed by atoms with van der Waals surface area (Å²) >= 11 is 0. The molecule has 30 heavy (non-hydrogen) atoms. The van der Waals surface area contributed by atoms with Crippen molar-refractivity contribution < 1.29 is 27.2 Å². The molecule has 0 bridgehead atoms. The summed E-state index contributed by atoms with van der Waals surface area (Å²) in [5.41, 5.74) is 1.41. The Morgan fingerprint density at radius 1 is 1.03 bits per heavy atom. The highest BCUT2D eigenvalue weighted by atomic mass is 32.2. The molecule has 160 valence electrons. The molecule has 8 heteroatoms. The van der Waals surface area contributed by atoms with Gasteiger partial charge in [-0.15, -0.1) is 0 Å². The van der Waals surface area contributed by atoms with Crippen LogP contribution in [0.1, 0.15) is 42.7 Å². The van der Waals surface area contributed by atoms with E-state index in [4.69, 9.17) is 9.15 Å². The van der Waals surface area contributed by atoms with E-state index in [1.54, 1.807) is 11.0 Å². The van der Waals surface area contributed by atoms with Crippen LogP contribution in [0.5, 0.6) is 0 Å². The van der Waals surface area contributed by atoms with Gasteiger partial charge in [0.05, 0.1) is 17.8 Å². The van der Waals surface area contributed by atoms with Gasteiger partial charge in [-0.2, -0.15) is 0 Å². The standard InChI is InChI=1S/C22H25NO6S/c24-20(23(17-8-4-5-9-17)18-11-13-30(26,27)15-18)14-29-22(25)21-19(10-12-28-21)16-6-2-1-3-7-16/h1-3,6-7,10,12,17-18H,4-5,8-9,11,13-15H2. The molecule has 1 saturated heterocycles. The van der Waals surface area contributed by atoms with Crippen molar-refractivity contribution in [2.45, 2.75) is 44.2 Å². The molecule has 1 saturated carbocycles. The van der Waals surface area contributed by atoms with Gasteiger partial charge in [-0.1, -0.05) is 43.2 Å². The maximum absolute atomic E-state index is 13.0. The fraction of sp³-hybridized carbons (Fsp3) is 0.455. The van der Waals surface area contributed by atoms with Gasteiger partial charge in [0.15, 0.2) is 16.4 Å². The topological polar surface area (TPSA) is 93.9 Å². The molecule has 4 rings (SSSR count). The van der Waals surface area contributed by atoms with Crippen molar-refractivity contribution in [3.8, 4) is 11.1 Å². The quantitative estimate of drug-likeness (QED) is 0.653. The van der Waals surface area contributed by atoms with E-state index in [1.807, 2.05) is 30.3 Å². The number of amides is 1. The van der Waals surface area contributed by atoms with E-state index in [0.29, 0.717) is 12.0 Å². The first-order chi connectivity index (χ1) is 14.4. The van der Waals surface area contributed by atoms with Crippen LogP contribution in [0.4, 0.5) is 0 Å². The van der Waals surface area contributed by atoms with Gasteiger partial charge in [-0.05, 0) is 30.9 Å². The zero-order valence-electron chi connectivity index (χ0n) is 16.7. The van der Waals surface area contributed by atoms with Crippen LogP contribution in [-0.2, 0) is 19.4 Å². The van der Waals surface area contributed by atoms with Crippen molar-refractivity contribution in [2.75, 3.05) is 18.1 Å². The molecule has 1 aromatic carbocycles. The summed E-state index contributed by atoms with van der Waals surface area (Å²) < 4.78 is 34.5. The highest BCUT2D eigenvalue weighted by Gasteiger charge is 2.39. The Hall–Kier alpha value is -2.61. The molecular weight excluding hydrogens is 406 g/mol. The number of furan rings is 1. The third kappa shape index (κ3) is 4.43. The summed E-state index contributed by atoms with van der Waals surface area (Å²) in [6, 6.07) is 10.7. The average Bonchev–Trinajstić information content (AvgIpc) is 3.48. The first-order valence-electron chi connectivity index (χ1n) is 10.3. The van der Waals surface area contributed by atoms with E-state index in [1.165, 1.54) is 6.26 Å². The van der Waals surface area contributed by atoms with Gasteiger partial charge in [-0.25, -0.2) is 13.2 Å². The molecule has 0 N–H and O–H groups in total. The molecule has 2 aliphatic rings. The molecular formula is C22H25NO6S.